The van der Waals surface area contributed by atoms with E-state index in [0.29, 0.717) is 5.02 Å². The van der Waals surface area contributed by atoms with Crippen LogP contribution in [-0.2, 0) is 6.42 Å². The summed E-state index contributed by atoms with van der Waals surface area (Å²) in [4.78, 5) is 0. The molecule has 1 N–H and O–H groups in total. The van der Waals surface area contributed by atoms with Gasteiger partial charge in [-0.05, 0) is 49.9 Å². The number of hydrogen-bond acceptors (Lipinski definition) is 1. The van der Waals surface area contributed by atoms with Crippen molar-refractivity contribution >= 4 is 11.6 Å². The normalized spacial score (nSPS) is 15.6. The fourth-order valence-electron chi connectivity index (χ4n) is 1.67. The number of allylic oxidation sites excluding steroid dienone is 1. The van der Waals surface area contributed by atoms with E-state index >= 15 is 0 Å². The first kappa shape index (κ1) is 12.6. The first-order chi connectivity index (χ1) is 8.25. The summed E-state index contributed by atoms with van der Waals surface area (Å²) in [6, 6.07) is 5.32. The van der Waals surface area contributed by atoms with Gasteiger partial charge in [-0.3, -0.25) is 0 Å². The van der Waals surface area contributed by atoms with Gasteiger partial charge in [-0.2, -0.15) is 0 Å². The average molecular weight is 254 g/mol. The van der Waals surface area contributed by atoms with Crippen LogP contribution in [-0.4, -0.2) is 12.6 Å². The maximum absolute atomic E-state index is 12.8. The summed E-state index contributed by atoms with van der Waals surface area (Å²) in [6.07, 6.45) is 8.70. The molecule has 1 nitrogen and oxygen atoms in total. The number of nitrogens with one attached hydrogen (secondary N) is 1. The Morgan fingerprint density at radius 1 is 1.35 bits per heavy atom. The third kappa shape index (κ3) is 4.49. The molecule has 1 saturated carbocycles. The number of hydrogen-bond donors (Lipinski definition) is 1. The smallest absolute Gasteiger partial charge is 0.124 e. The second-order valence-corrected chi connectivity index (χ2v) is 4.84. The van der Waals surface area contributed by atoms with Crippen LogP contribution in [0, 0.1) is 5.82 Å². The summed E-state index contributed by atoms with van der Waals surface area (Å²) in [6.45, 7) is 1.04. The van der Waals surface area contributed by atoms with Gasteiger partial charge in [0.15, 0.2) is 0 Å². The first-order valence-electron chi connectivity index (χ1n) is 6.08. The molecule has 1 aromatic carbocycles. The van der Waals surface area contributed by atoms with Crippen molar-refractivity contribution < 1.29 is 4.39 Å². The second-order valence-electron chi connectivity index (χ2n) is 4.43. The van der Waals surface area contributed by atoms with Crippen LogP contribution < -0.4 is 5.32 Å². The van der Waals surface area contributed by atoms with Crippen LogP contribution in [0.4, 0.5) is 4.39 Å². The quantitative estimate of drug-likeness (QED) is 0.602. The molecule has 92 valence electrons. The van der Waals surface area contributed by atoms with Crippen LogP contribution in [0.1, 0.15) is 24.8 Å². The fourth-order valence-corrected chi connectivity index (χ4v) is 1.92. The summed E-state index contributed by atoms with van der Waals surface area (Å²) < 4.78 is 12.8. The summed E-state index contributed by atoms with van der Waals surface area (Å²) in [5, 5.41) is 3.95. The maximum atomic E-state index is 12.8. The molecular formula is C14H17ClFN. The van der Waals surface area contributed by atoms with Gasteiger partial charge in [-0.25, -0.2) is 4.39 Å². The Bertz CT molecular complexity index is 399. The van der Waals surface area contributed by atoms with Crippen LogP contribution in [0.25, 0.3) is 0 Å². The monoisotopic (exact) mass is 253 g/mol. The third-order valence-electron chi connectivity index (χ3n) is 2.84. The van der Waals surface area contributed by atoms with Crippen molar-refractivity contribution in [2.75, 3.05) is 6.54 Å². The summed E-state index contributed by atoms with van der Waals surface area (Å²) >= 11 is 5.93. The van der Waals surface area contributed by atoms with Crippen molar-refractivity contribution in [3.05, 3.63) is 46.8 Å². The highest BCUT2D eigenvalue weighted by Crippen LogP contribution is 2.19. The molecule has 0 bridgehead atoms. The maximum Gasteiger partial charge on any atom is 0.124 e. The van der Waals surface area contributed by atoms with E-state index in [1.807, 2.05) is 0 Å². The van der Waals surface area contributed by atoms with E-state index in [4.69, 9.17) is 11.6 Å². The average Bonchev–Trinajstić information content (AvgIpc) is 3.09. The molecule has 3 heteroatoms. The Hall–Kier alpha value is -0.860. The molecule has 0 amide bonds. The van der Waals surface area contributed by atoms with Gasteiger partial charge >= 0.3 is 0 Å². The molecule has 1 aliphatic rings. The molecule has 0 aliphatic heterocycles. The number of benzene rings is 1. The van der Waals surface area contributed by atoms with E-state index in [1.54, 1.807) is 6.07 Å². The molecule has 0 atom stereocenters. The molecule has 1 aromatic rings. The van der Waals surface area contributed by atoms with E-state index in [2.05, 4.69) is 17.5 Å². The van der Waals surface area contributed by atoms with Gasteiger partial charge in [-0.1, -0.05) is 29.8 Å². The highest BCUT2D eigenvalue weighted by Gasteiger charge is 2.19. The second kappa shape index (κ2) is 6.18. The van der Waals surface area contributed by atoms with Crippen LogP contribution in [0.15, 0.2) is 30.4 Å². The van der Waals surface area contributed by atoms with Crippen LogP contribution in [0.2, 0.25) is 5.02 Å². The first-order valence-corrected chi connectivity index (χ1v) is 6.46. The Morgan fingerprint density at radius 3 is 2.88 bits per heavy atom. The molecule has 0 aromatic heterocycles. The Morgan fingerprint density at radius 2 is 2.18 bits per heavy atom. The highest BCUT2D eigenvalue weighted by atomic mass is 35.5. The molecule has 1 fully saturated rings. The van der Waals surface area contributed by atoms with Gasteiger partial charge in [0.2, 0.25) is 0 Å². The van der Waals surface area contributed by atoms with Gasteiger partial charge in [0.1, 0.15) is 5.82 Å². The zero-order chi connectivity index (χ0) is 12.1. The minimum atomic E-state index is -0.281. The fraction of sp³-hybridized carbons (Fsp3) is 0.429. The van der Waals surface area contributed by atoms with E-state index in [-0.39, 0.29) is 5.82 Å². The minimum absolute atomic E-state index is 0.281. The Kier molecular flexibility index (Phi) is 4.57. The number of halogens is 2. The largest absolute Gasteiger partial charge is 0.314 e. The van der Waals surface area contributed by atoms with Crippen molar-refractivity contribution in [3.63, 3.8) is 0 Å². The van der Waals surface area contributed by atoms with Gasteiger partial charge in [0.05, 0.1) is 0 Å². The van der Waals surface area contributed by atoms with Crippen molar-refractivity contribution in [3.8, 4) is 0 Å². The predicted molar refractivity (Wildman–Crippen MR) is 69.9 cm³/mol. The zero-order valence-corrected chi connectivity index (χ0v) is 10.5. The summed E-state index contributed by atoms with van der Waals surface area (Å²) in [5.41, 5.74) is 0.972. The van der Waals surface area contributed by atoms with Crippen LogP contribution in [0.3, 0.4) is 0 Å². The SMILES string of the molecule is Fc1ccc(C/C=C/CCNC2CC2)c(Cl)c1. The molecule has 1 aliphatic carbocycles. The molecule has 0 radical (unpaired) electrons. The lowest BCUT2D eigenvalue weighted by Crippen LogP contribution is -2.16. The van der Waals surface area contributed by atoms with Gasteiger partial charge in [-0.15, -0.1) is 0 Å². The Balaban J connectivity index is 1.70. The minimum Gasteiger partial charge on any atom is -0.314 e. The lowest BCUT2D eigenvalue weighted by Gasteiger charge is -2.01. The summed E-state index contributed by atoms with van der Waals surface area (Å²) in [7, 11) is 0. The standard InChI is InChI=1S/C14H17ClFN/c15-14-10-12(16)6-5-11(14)4-2-1-3-9-17-13-7-8-13/h1-2,5-6,10,13,17H,3-4,7-9H2/b2-1+. The lowest BCUT2D eigenvalue weighted by atomic mass is 10.1. The van der Waals surface area contributed by atoms with Gasteiger partial charge < -0.3 is 5.32 Å². The molecule has 0 spiro atoms. The van der Waals surface area contributed by atoms with E-state index in [1.165, 1.54) is 25.0 Å². The Labute approximate surface area is 107 Å². The highest BCUT2D eigenvalue weighted by molar-refractivity contribution is 6.31. The summed E-state index contributed by atoms with van der Waals surface area (Å²) in [5.74, 6) is -0.281. The van der Waals surface area contributed by atoms with Gasteiger partial charge in [0.25, 0.3) is 0 Å². The topological polar surface area (TPSA) is 12.0 Å². The van der Waals surface area contributed by atoms with Crippen molar-refractivity contribution in [1.82, 2.24) is 5.32 Å². The zero-order valence-electron chi connectivity index (χ0n) is 9.76. The lowest BCUT2D eigenvalue weighted by molar-refractivity contribution is 0.627. The van der Waals surface area contributed by atoms with Crippen molar-refractivity contribution in [2.45, 2.75) is 31.7 Å². The van der Waals surface area contributed by atoms with Crippen LogP contribution in [0.5, 0.6) is 0 Å². The molecule has 0 saturated heterocycles. The molecule has 17 heavy (non-hydrogen) atoms. The third-order valence-corrected chi connectivity index (χ3v) is 3.19. The van der Waals surface area contributed by atoms with Crippen molar-refractivity contribution in [2.24, 2.45) is 0 Å². The molecule has 0 heterocycles. The van der Waals surface area contributed by atoms with Crippen LogP contribution >= 0.6 is 11.6 Å². The predicted octanol–water partition coefficient (Wildman–Crippen LogP) is 3.72. The van der Waals surface area contributed by atoms with E-state index in [9.17, 15) is 4.39 Å². The molecular weight excluding hydrogens is 237 g/mol. The van der Waals surface area contributed by atoms with E-state index in [0.717, 1.165) is 31.0 Å². The van der Waals surface area contributed by atoms with Gasteiger partial charge in [0, 0.05) is 11.1 Å². The molecule has 0 unspecified atom stereocenters. The van der Waals surface area contributed by atoms with E-state index < -0.39 is 0 Å². The number of rotatable bonds is 6. The molecule has 2 rings (SSSR count). The van der Waals surface area contributed by atoms with Crippen molar-refractivity contribution in [1.29, 1.82) is 0 Å².